The van der Waals surface area contributed by atoms with Gasteiger partial charge in [-0.1, -0.05) is 59.6 Å². The highest BCUT2D eigenvalue weighted by Gasteiger charge is 2.09. The molecule has 1 aromatic heterocycles. The van der Waals surface area contributed by atoms with E-state index in [0.717, 1.165) is 10.9 Å². The summed E-state index contributed by atoms with van der Waals surface area (Å²) >= 11 is 12.3. The van der Waals surface area contributed by atoms with Gasteiger partial charge in [0.1, 0.15) is 5.15 Å². The van der Waals surface area contributed by atoms with Crippen molar-refractivity contribution in [2.45, 2.75) is 0 Å². The van der Waals surface area contributed by atoms with Crippen LogP contribution in [0.15, 0.2) is 48.5 Å². The van der Waals surface area contributed by atoms with Crippen LogP contribution in [0.2, 0.25) is 10.2 Å². The van der Waals surface area contributed by atoms with Crippen molar-refractivity contribution in [2.75, 3.05) is 0 Å². The first-order valence-corrected chi connectivity index (χ1v) is 6.18. The minimum absolute atomic E-state index is 0.418. The van der Waals surface area contributed by atoms with Crippen LogP contribution in [0.25, 0.3) is 22.3 Å². The lowest BCUT2D eigenvalue weighted by Crippen LogP contribution is -1.92. The van der Waals surface area contributed by atoms with Crippen molar-refractivity contribution in [3.63, 3.8) is 0 Å². The van der Waals surface area contributed by atoms with Crippen molar-refractivity contribution >= 4 is 34.1 Å². The maximum atomic E-state index is 6.17. The summed E-state index contributed by atoms with van der Waals surface area (Å²) in [4.78, 5) is 8.79. The molecule has 88 valence electrons. The second-order valence-corrected chi connectivity index (χ2v) is 4.61. The molecule has 0 fully saturated rings. The Morgan fingerprint density at radius 1 is 0.778 bits per heavy atom. The molecule has 0 atom stereocenters. The van der Waals surface area contributed by atoms with Crippen molar-refractivity contribution in [1.29, 1.82) is 0 Å². The Morgan fingerprint density at radius 3 is 2.33 bits per heavy atom. The number of rotatable bonds is 1. The highest BCUT2D eigenvalue weighted by molar-refractivity contribution is 6.38. The summed E-state index contributed by atoms with van der Waals surface area (Å²) in [5.74, 6) is 0.584. The van der Waals surface area contributed by atoms with Gasteiger partial charge in [0.25, 0.3) is 0 Å². The van der Waals surface area contributed by atoms with Gasteiger partial charge in [0.05, 0.1) is 10.5 Å². The first-order valence-electron chi connectivity index (χ1n) is 5.43. The van der Waals surface area contributed by atoms with E-state index < -0.39 is 0 Å². The second kappa shape index (κ2) is 4.56. The van der Waals surface area contributed by atoms with Gasteiger partial charge >= 0.3 is 0 Å². The summed E-state index contributed by atoms with van der Waals surface area (Å²) < 4.78 is 0. The van der Waals surface area contributed by atoms with Crippen LogP contribution in [0, 0.1) is 0 Å². The molecule has 0 aliphatic carbocycles. The number of aromatic nitrogens is 2. The molecule has 0 radical (unpaired) electrons. The van der Waals surface area contributed by atoms with E-state index in [1.54, 1.807) is 6.07 Å². The van der Waals surface area contributed by atoms with Crippen molar-refractivity contribution in [3.05, 3.63) is 58.7 Å². The fourth-order valence-electron chi connectivity index (χ4n) is 1.80. The molecule has 18 heavy (non-hydrogen) atoms. The first kappa shape index (κ1) is 11.5. The van der Waals surface area contributed by atoms with Gasteiger partial charge in [0, 0.05) is 10.9 Å². The van der Waals surface area contributed by atoms with Crippen molar-refractivity contribution < 1.29 is 0 Å². The smallest absolute Gasteiger partial charge is 0.161 e. The minimum atomic E-state index is 0.418. The molecule has 0 spiro atoms. The Kier molecular flexibility index (Phi) is 2.90. The Morgan fingerprint density at radius 2 is 1.56 bits per heavy atom. The van der Waals surface area contributed by atoms with Crippen LogP contribution in [-0.2, 0) is 0 Å². The molecule has 0 N–H and O–H groups in total. The normalized spacial score (nSPS) is 10.8. The monoisotopic (exact) mass is 274 g/mol. The van der Waals surface area contributed by atoms with E-state index in [9.17, 15) is 0 Å². The molecule has 3 rings (SSSR count). The summed E-state index contributed by atoms with van der Waals surface area (Å²) in [6.07, 6.45) is 0. The van der Waals surface area contributed by atoms with Gasteiger partial charge < -0.3 is 0 Å². The fraction of sp³-hybridized carbons (Fsp3) is 0. The Balaban J connectivity index is 2.31. The summed E-state index contributed by atoms with van der Waals surface area (Å²) in [7, 11) is 0. The number of fused-ring (bicyclic) bond motifs is 1. The van der Waals surface area contributed by atoms with Gasteiger partial charge in [-0.3, -0.25) is 0 Å². The molecule has 1 heterocycles. The Bertz CT molecular complexity index is 712. The quantitative estimate of drug-likeness (QED) is 0.606. The Hall–Kier alpha value is -1.64. The molecule has 2 nitrogen and oxygen atoms in total. The van der Waals surface area contributed by atoms with Crippen molar-refractivity contribution in [2.24, 2.45) is 0 Å². The molecule has 0 unspecified atom stereocenters. The third-order valence-electron chi connectivity index (χ3n) is 2.66. The number of halogens is 2. The van der Waals surface area contributed by atoms with Gasteiger partial charge in [0.2, 0.25) is 0 Å². The molecule has 2 aromatic carbocycles. The van der Waals surface area contributed by atoms with Crippen LogP contribution in [-0.4, -0.2) is 9.97 Å². The lowest BCUT2D eigenvalue weighted by Gasteiger charge is -2.05. The van der Waals surface area contributed by atoms with E-state index in [0.29, 0.717) is 21.5 Å². The summed E-state index contributed by atoms with van der Waals surface area (Å²) in [6, 6.07) is 15.2. The molecule has 4 heteroatoms. The molecule has 0 bridgehead atoms. The van der Waals surface area contributed by atoms with E-state index in [1.807, 2.05) is 42.5 Å². The van der Waals surface area contributed by atoms with E-state index in [2.05, 4.69) is 9.97 Å². The molecular weight excluding hydrogens is 267 g/mol. The van der Waals surface area contributed by atoms with Gasteiger partial charge in [-0.25, -0.2) is 9.97 Å². The zero-order valence-corrected chi connectivity index (χ0v) is 10.8. The molecular formula is C14H8Cl2N2. The number of hydrogen-bond acceptors (Lipinski definition) is 2. The minimum Gasteiger partial charge on any atom is -0.226 e. The van der Waals surface area contributed by atoms with Crippen molar-refractivity contribution in [3.8, 4) is 11.4 Å². The van der Waals surface area contributed by atoms with Gasteiger partial charge in [-0.2, -0.15) is 0 Å². The van der Waals surface area contributed by atoms with Gasteiger partial charge in [-0.15, -0.1) is 0 Å². The fourth-order valence-corrected chi connectivity index (χ4v) is 2.25. The predicted octanol–water partition coefficient (Wildman–Crippen LogP) is 4.60. The zero-order valence-electron chi connectivity index (χ0n) is 9.27. The van der Waals surface area contributed by atoms with E-state index >= 15 is 0 Å². The number of hydrogen-bond donors (Lipinski definition) is 0. The van der Waals surface area contributed by atoms with Gasteiger partial charge in [-0.05, 0) is 12.1 Å². The highest BCUT2D eigenvalue weighted by Crippen LogP contribution is 2.28. The van der Waals surface area contributed by atoms with Crippen LogP contribution in [0.5, 0.6) is 0 Å². The standard InChI is InChI=1S/C14H8Cl2N2/c15-11-8-4-7-10-12(11)17-14(18-13(10)16)9-5-2-1-3-6-9/h1-8H. The molecule has 0 aliphatic rings. The maximum Gasteiger partial charge on any atom is 0.161 e. The van der Waals surface area contributed by atoms with E-state index in [4.69, 9.17) is 23.2 Å². The maximum absolute atomic E-state index is 6.17. The average Bonchev–Trinajstić information content (AvgIpc) is 2.41. The van der Waals surface area contributed by atoms with Crippen LogP contribution >= 0.6 is 23.2 Å². The van der Waals surface area contributed by atoms with Crippen LogP contribution in [0.4, 0.5) is 0 Å². The SMILES string of the molecule is Clc1nc(-c2ccccc2)nc2c(Cl)cccc12. The van der Waals surface area contributed by atoms with Crippen LogP contribution in [0.3, 0.4) is 0 Å². The van der Waals surface area contributed by atoms with Crippen molar-refractivity contribution in [1.82, 2.24) is 9.97 Å². The topological polar surface area (TPSA) is 25.8 Å². The third kappa shape index (κ3) is 1.94. The summed E-state index contributed by atoms with van der Waals surface area (Å²) in [5, 5.41) is 1.76. The van der Waals surface area contributed by atoms with E-state index in [1.165, 1.54) is 0 Å². The molecule has 0 saturated carbocycles. The highest BCUT2D eigenvalue weighted by atomic mass is 35.5. The van der Waals surface area contributed by atoms with Gasteiger partial charge in [0.15, 0.2) is 5.82 Å². The third-order valence-corrected chi connectivity index (χ3v) is 3.26. The van der Waals surface area contributed by atoms with Crippen LogP contribution in [0.1, 0.15) is 0 Å². The molecule has 0 saturated heterocycles. The Labute approximate surface area is 114 Å². The largest absolute Gasteiger partial charge is 0.226 e. The number of nitrogens with zero attached hydrogens (tertiary/aromatic N) is 2. The number of para-hydroxylation sites is 1. The molecule has 0 amide bonds. The molecule has 0 aliphatic heterocycles. The molecule has 3 aromatic rings. The second-order valence-electron chi connectivity index (χ2n) is 3.84. The lowest BCUT2D eigenvalue weighted by molar-refractivity contribution is 1.23. The zero-order chi connectivity index (χ0) is 12.5. The summed E-state index contributed by atoms with van der Waals surface area (Å²) in [6.45, 7) is 0. The first-order chi connectivity index (χ1) is 8.75. The number of benzene rings is 2. The lowest BCUT2D eigenvalue weighted by atomic mass is 10.2. The van der Waals surface area contributed by atoms with Crippen LogP contribution < -0.4 is 0 Å². The summed E-state index contributed by atoms with van der Waals surface area (Å²) in [5.41, 5.74) is 1.60. The predicted molar refractivity (Wildman–Crippen MR) is 75.0 cm³/mol. The average molecular weight is 275 g/mol. The van der Waals surface area contributed by atoms with E-state index in [-0.39, 0.29) is 0 Å².